The van der Waals surface area contributed by atoms with E-state index in [9.17, 15) is 4.79 Å². The van der Waals surface area contributed by atoms with E-state index in [0.29, 0.717) is 6.61 Å². The first kappa shape index (κ1) is 8.69. The predicted molar refractivity (Wildman–Crippen MR) is 39.3 cm³/mol. The maximum absolute atomic E-state index is 10.1. The SMILES string of the molecule is CC(=O)OCCC=CBr. The van der Waals surface area contributed by atoms with Crippen LogP contribution in [0.3, 0.4) is 0 Å². The number of esters is 1. The number of carbonyl (C=O) groups is 1. The van der Waals surface area contributed by atoms with Crippen LogP contribution in [-0.4, -0.2) is 12.6 Å². The fourth-order valence-corrected chi connectivity index (χ4v) is 0.598. The van der Waals surface area contributed by atoms with Crippen LogP contribution in [0.2, 0.25) is 0 Å². The topological polar surface area (TPSA) is 26.3 Å². The summed E-state index contributed by atoms with van der Waals surface area (Å²) in [7, 11) is 0. The molecule has 0 radical (unpaired) electrons. The van der Waals surface area contributed by atoms with E-state index in [2.05, 4.69) is 20.7 Å². The summed E-state index contributed by atoms with van der Waals surface area (Å²) in [5.74, 6) is -0.224. The van der Waals surface area contributed by atoms with Gasteiger partial charge in [-0.15, -0.1) is 0 Å². The van der Waals surface area contributed by atoms with Gasteiger partial charge in [0, 0.05) is 13.3 Å². The third-order valence-electron chi connectivity index (χ3n) is 0.679. The van der Waals surface area contributed by atoms with Crippen molar-refractivity contribution in [2.45, 2.75) is 13.3 Å². The molecule has 0 aromatic carbocycles. The fraction of sp³-hybridized carbons (Fsp3) is 0.500. The summed E-state index contributed by atoms with van der Waals surface area (Å²) in [6, 6.07) is 0. The Bertz CT molecular complexity index is 110. The van der Waals surface area contributed by atoms with Crippen molar-refractivity contribution in [3.05, 3.63) is 11.1 Å². The molecule has 9 heavy (non-hydrogen) atoms. The number of rotatable bonds is 3. The number of ether oxygens (including phenoxy) is 1. The summed E-state index contributed by atoms with van der Waals surface area (Å²) in [5, 5.41) is 0. The van der Waals surface area contributed by atoms with Gasteiger partial charge in [0.15, 0.2) is 0 Å². The van der Waals surface area contributed by atoms with Crippen LogP contribution in [0.5, 0.6) is 0 Å². The molecule has 0 aliphatic carbocycles. The molecule has 0 heterocycles. The lowest BCUT2D eigenvalue weighted by atomic mass is 10.5. The quantitative estimate of drug-likeness (QED) is 0.505. The molecule has 0 amide bonds. The van der Waals surface area contributed by atoms with Crippen molar-refractivity contribution in [1.29, 1.82) is 0 Å². The third kappa shape index (κ3) is 7.69. The fourth-order valence-electron chi connectivity index (χ4n) is 0.334. The zero-order valence-electron chi connectivity index (χ0n) is 5.26. The van der Waals surface area contributed by atoms with Gasteiger partial charge in [0.25, 0.3) is 0 Å². The zero-order valence-corrected chi connectivity index (χ0v) is 6.85. The lowest BCUT2D eigenvalue weighted by molar-refractivity contribution is -0.140. The van der Waals surface area contributed by atoms with Crippen LogP contribution in [0.15, 0.2) is 11.1 Å². The second-order valence-corrected chi connectivity index (χ2v) is 2.02. The molecular weight excluding hydrogens is 184 g/mol. The van der Waals surface area contributed by atoms with E-state index >= 15 is 0 Å². The highest BCUT2D eigenvalue weighted by atomic mass is 79.9. The third-order valence-corrected chi connectivity index (χ3v) is 1.05. The molecule has 0 saturated heterocycles. The van der Waals surface area contributed by atoms with Gasteiger partial charge in [-0.2, -0.15) is 0 Å². The summed E-state index contributed by atoms with van der Waals surface area (Å²) in [6.45, 7) is 1.87. The predicted octanol–water partition coefficient (Wildman–Crippen LogP) is 1.85. The largest absolute Gasteiger partial charge is 0.466 e. The summed E-state index contributed by atoms with van der Waals surface area (Å²) in [6.07, 6.45) is 2.65. The maximum Gasteiger partial charge on any atom is 0.302 e. The Morgan fingerprint density at radius 1 is 1.78 bits per heavy atom. The molecule has 0 aromatic rings. The first-order valence-corrected chi connectivity index (χ1v) is 3.57. The van der Waals surface area contributed by atoms with Crippen molar-refractivity contribution in [3.8, 4) is 0 Å². The molecule has 0 spiro atoms. The van der Waals surface area contributed by atoms with E-state index in [0.717, 1.165) is 6.42 Å². The van der Waals surface area contributed by atoms with Crippen molar-refractivity contribution >= 4 is 21.9 Å². The van der Waals surface area contributed by atoms with Crippen molar-refractivity contribution in [2.75, 3.05) is 6.61 Å². The standard InChI is InChI=1S/C6H9BrO2/c1-6(8)9-5-3-2-4-7/h2,4H,3,5H2,1H3. The van der Waals surface area contributed by atoms with Crippen molar-refractivity contribution in [1.82, 2.24) is 0 Å². The number of hydrogen-bond donors (Lipinski definition) is 0. The Kier molecular flexibility index (Phi) is 5.62. The van der Waals surface area contributed by atoms with Gasteiger partial charge in [-0.1, -0.05) is 22.0 Å². The lowest BCUT2D eigenvalue weighted by Crippen LogP contribution is -1.98. The van der Waals surface area contributed by atoms with Gasteiger partial charge in [0.2, 0.25) is 0 Å². The second-order valence-electron chi connectivity index (χ2n) is 1.49. The van der Waals surface area contributed by atoms with Crippen LogP contribution in [0.1, 0.15) is 13.3 Å². The van der Waals surface area contributed by atoms with E-state index in [-0.39, 0.29) is 5.97 Å². The highest BCUT2D eigenvalue weighted by Gasteiger charge is 1.87. The molecular formula is C6H9BrO2. The van der Waals surface area contributed by atoms with Crippen molar-refractivity contribution in [3.63, 3.8) is 0 Å². The van der Waals surface area contributed by atoms with Crippen LogP contribution in [0.25, 0.3) is 0 Å². The van der Waals surface area contributed by atoms with E-state index in [1.165, 1.54) is 6.92 Å². The van der Waals surface area contributed by atoms with E-state index in [1.807, 2.05) is 6.08 Å². The lowest BCUT2D eigenvalue weighted by Gasteiger charge is -1.95. The Morgan fingerprint density at radius 3 is 2.89 bits per heavy atom. The van der Waals surface area contributed by atoms with Gasteiger partial charge in [0.1, 0.15) is 0 Å². The van der Waals surface area contributed by atoms with Crippen LogP contribution < -0.4 is 0 Å². The summed E-state index contributed by atoms with van der Waals surface area (Å²) < 4.78 is 4.63. The average Bonchev–Trinajstić information content (AvgIpc) is 1.80. The average molecular weight is 193 g/mol. The Labute approximate surface area is 63.0 Å². The van der Waals surface area contributed by atoms with Gasteiger partial charge in [0.05, 0.1) is 6.61 Å². The van der Waals surface area contributed by atoms with Gasteiger partial charge in [-0.3, -0.25) is 4.79 Å². The molecule has 0 rings (SSSR count). The van der Waals surface area contributed by atoms with Gasteiger partial charge in [-0.25, -0.2) is 0 Å². The Balaban J connectivity index is 3.01. The maximum atomic E-state index is 10.1. The molecule has 0 unspecified atom stereocenters. The molecule has 3 heteroatoms. The second kappa shape index (κ2) is 5.82. The van der Waals surface area contributed by atoms with Crippen LogP contribution in [0.4, 0.5) is 0 Å². The number of hydrogen-bond acceptors (Lipinski definition) is 2. The van der Waals surface area contributed by atoms with Gasteiger partial charge < -0.3 is 4.74 Å². The molecule has 0 N–H and O–H groups in total. The van der Waals surface area contributed by atoms with E-state index < -0.39 is 0 Å². The summed E-state index contributed by atoms with van der Waals surface area (Å²) in [5.41, 5.74) is 0. The molecule has 0 saturated carbocycles. The van der Waals surface area contributed by atoms with E-state index in [4.69, 9.17) is 0 Å². The van der Waals surface area contributed by atoms with Crippen LogP contribution in [0, 0.1) is 0 Å². The van der Waals surface area contributed by atoms with Gasteiger partial charge in [-0.05, 0) is 4.99 Å². The molecule has 0 atom stereocenters. The molecule has 2 nitrogen and oxygen atoms in total. The number of carbonyl (C=O) groups excluding carboxylic acids is 1. The first-order valence-electron chi connectivity index (χ1n) is 2.66. The minimum absolute atomic E-state index is 0.224. The molecule has 0 aliphatic rings. The highest BCUT2D eigenvalue weighted by Crippen LogP contribution is 1.89. The summed E-state index contributed by atoms with van der Waals surface area (Å²) in [4.78, 5) is 11.9. The van der Waals surface area contributed by atoms with Crippen LogP contribution >= 0.6 is 15.9 Å². The van der Waals surface area contributed by atoms with Gasteiger partial charge >= 0.3 is 5.97 Å². The monoisotopic (exact) mass is 192 g/mol. The van der Waals surface area contributed by atoms with Crippen molar-refractivity contribution in [2.24, 2.45) is 0 Å². The Morgan fingerprint density at radius 2 is 2.44 bits per heavy atom. The Hall–Kier alpha value is -0.310. The molecule has 52 valence electrons. The minimum Gasteiger partial charge on any atom is -0.466 e. The molecule has 0 aliphatic heterocycles. The molecule has 0 fully saturated rings. The van der Waals surface area contributed by atoms with Crippen LogP contribution in [-0.2, 0) is 9.53 Å². The minimum atomic E-state index is -0.224. The smallest absolute Gasteiger partial charge is 0.302 e. The van der Waals surface area contributed by atoms with Crippen molar-refractivity contribution < 1.29 is 9.53 Å². The summed E-state index contributed by atoms with van der Waals surface area (Å²) >= 11 is 3.10. The first-order chi connectivity index (χ1) is 4.27. The zero-order chi connectivity index (χ0) is 7.11. The molecule has 0 bridgehead atoms. The highest BCUT2D eigenvalue weighted by molar-refractivity contribution is 9.11. The molecule has 0 aromatic heterocycles. The van der Waals surface area contributed by atoms with E-state index in [1.54, 1.807) is 4.99 Å². The normalized spacial score (nSPS) is 10.0. The number of halogens is 1.